The zero-order chi connectivity index (χ0) is 23.6. The van der Waals surface area contributed by atoms with E-state index in [1.807, 2.05) is 0 Å². The van der Waals surface area contributed by atoms with Crippen molar-refractivity contribution in [1.29, 1.82) is 0 Å². The van der Waals surface area contributed by atoms with Crippen molar-refractivity contribution in [3.63, 3.8) is 0 Å². The van der Waals surface area contributed by atoms with Crippen molar-refractivity contribution >= 4 is 17.5 Å². The number of pyridine rings is 1. The molecule has 0 aliphatic carbocycles. The van der Waals surface area contributed by atoms with Crippen LogP contribution in [-0.2, 0) is 6.42 Å². The third kappa shape index (κ3) is 4.77. The fraction of sp³-hybridized carbons (Fsp3) is 0.273. The average molecular weight is 461 g/mol. The van der Waals surface area contributed by atoms with E-state index in [1.165, 1.54) is 41.7 Å². The van der Waals surface area contributed by atoms with Crippen molar-refractivity contribution in [3.05, 3.63) is 78.1 Å². The van der Waals surface area contributed by atoms with E-state index in [2.05, 4.69) is 20.3 Å². The number of carbonyl (C=O) groups excluding carboxylic acids is 1. The minimum atomic E-state index is -4.91. The van der Waals surface area contributed by atoms with Gasteiger partial charge in [0, 0.05) is 36.7 Å². The summed E-state index contributed by atoms with van der Waals surface area (Å²) in [6, 6.07) is 9.56. The Morgan fingerprint density at radius 3 is 2.48 bits per heavy atom. The fourth-order valence-corrected chi connectivity index (χ4v) is 3.77. The van der Waals surface area contributed by atoms with Crippen LogP contribution in [0.1, 0.15) is 16.1 Å². The Hall–Kier alpha value is -3.60. The maximum absolute atomic E-state index is 13.9. The second kappa shape index (κ2) is 8.74. The molecule has 1 fully saturated rings. The molecule has 0 unspecified atom stereocenters. The first-order chi connectivity index (χ1) is 15.7. The molecule has 0 radical (unpaired) electrons. The minimum absolute atomic E-state index is 0.0469. The summed E-state index contributed by atoms with van der Waals surface area (Å²) in [6.45, 7) is -0.999. The van der Waals surface area contributed by atoms with Gasteiger partial charge in [-0.3, -0.25) is 9.78 Å². The van der Waals surface area contributed by atoms with Gasteiger partial charge in [0.2, 0.25) is 5.95 Å². The van der Waals surface area contributed by atoms with E-state index in [0.717, 1.165) is 12.1 Å². The molecule has 1 amide bonds. The van der Waals surface area contributed by atoms with Crippen molar-refractivity contribution in [3.8, 4) is 0 Å². The molecular weight excluding hydrogens is 442 g/mol. The molecule has 2 atom stereocenters. The number of β-amino-alcohol motifs (C(OH)–C–C–N with tert-alkyl or cyclic N) is 1. The van der Waals surface area contributed by atoms with Gasteiger partial charge in [-0.25, -0.2) is 14.4 Å². The highest BCUT2D eigenvalue weighted by Crippen LogP contribution is 2.43. The van der Waals surface area contributed by atoms with Gasteiger partial charge in [-0.05, 0) is 42.3 Å². The van der Waals surface area contributed by atoms with Gasteiger partial charge in [-0.15, -0.1) is 0 Å². The molecule has 4 rings (SSSR count). The van der Waals surface area contributed by atoms with Gasteiger partial charge in [-0.1, -0.05) is 12.1 Å². The standard InChI is InChI=1S/C22H19F4N5O2/c23-16-3-1-14(2-4-16)11-15-12-31(13-21(15,33)22(24,25)26)20-28-10-7-18(30-20)19(32)29-17-5-8-27-9-6-17/h1-10,15,33H,11-13H2,(H,27,29,32)/t15-,21-/m0/s1. The van der Waals surface area contributed by atoms with Gasteiger partial charge < -0.3 is 15.3 Å². The Bertz CT molecular complexity index is 1130. The molecule has 2 aromatic heterocycles. The van der Waals surface area contributed by atoms with Crippen LogP contribution in [0.4, 0.5) is 29.2 Å². The molecule has 3 aromatic rings. The van der Waals surface area contributed by atoms with Gasteiger partial charge >= 0.3 is 6.18 Å². The zero-order valence-electron chi connectivity index (χ0n) is 17.1. The third-order valence-corrected chi connectivity index (χ3v) is 5.53. The molecule has 172 valence electrons. The monoisotopic (exact) mass is 461 g/mol. The van der Waals surface area contributed by atoms with Crippen LogP contribution in [0.2, 0.25) is 0 Å². The van der Waals surface area contributed by atoms with Gasteiger partial charge in [0.25, 0.3) is 5.91 Å². The van der Waals surface area contributed by atoms with E-state index >= 15 is 0 Å². The number of nitrogens with one attached hydrogen (secondary N) is 1. The predicted molar refractivity (Wildman–Crippen MR) is 111 cm³/mol. The summed E-state index contributed by atoms with van der Waals surface area (Å²) in [5, 5.41) is 13.2. The van der Waals surface area contributed by atoms with Crippen LogP contribution >= 0.6 is 0 Å². The summed E-state index contributed by atoms with van der Waals surface area (Å²) >= 11 is 0. The van der Waals surface area contributed by atoms with Gasteiger partial charge in [0.1, 0.15) is 11.5 Å². The van der Waals surface area contributed by atoms with Gasteiger partial charge in [0.05, 0.1) is 6.54 Å². The summed E-state index contributed by atoms with van der Waals surface area (Å²) in [4.78, 5) is 25.7. The van der Waals surface area contributed by atoms with Crippen molar-refractivity contribution in [2.75, 3.05) is 23.3 Å². The molecule has 33 heavy (non-hydrogen) atoms. The van der Waals surface area contributed by atoms with Crippen LogP contribution < -0.4 is 10.2 Å². The van der Waals surface area contributed by atoms with Gasteiger partial charge in [0.15, 0.2) is 5.60 Å². The predicted octanol–water partition coefficient (Wildman–Crippen LogP) is 3.24. The number of amides is 1. The van der Waals surface area contributed by atoms with Crippen LogP contribution in [0.5, 0.6) is 0 Å². The fourth-order valence-electron chi connectivity index (χ4n) is 3.77. The number of benzene rings is 1. The van der Waals surface area contributed by atoms with Crippen LogP contribution in [0.25, 0.3) is 0 Å². The van der Waals surface area contributed by atoms with Crippen LogP contribution in [0.15, 0.2) is 61.1 Å². The number of nitrogens with zero attached hydrogens (tertiary/aromatic N) is 4. The van der Waals surface area contributed by atoms with Crippen molar-refractivity contribution in [1.82, 2.24) is 15.0 Å². The van der Waals surface area contributed by atoms with Crippen molar-refractivity contribution in [2.24, 2.45) is 5.92 Å². The summed E-state index contributed by atoms with van der Waals surface area (Å²) in [7, 11) is 0. The second-order valence-corrected chi connectivity index (χ2v) is 7.76. The molecule has 1 aliphatic heterocycles. The average Bonchev–Trinajstić information content (AvgIpc) is 3.14. The first-order valence-electron chi connectivity index (χ1n) is 9.98. The minimum Gasteiger partial charge on any atom is -0.379 e. The molecule has 0 bridgehead atoms. The van der Waals surface area contributed by atoms with E-state index in [-0.39, 0.29) is 24.6 Å². The zero-order valence-corrected chi connectivity index (χ0v) is 17.1. The summed E-state index contributed by atoms with van der Waals surface area (Å²) in [5.74, 6) is -2.44. The topological polar surface area (TPSA) is 91.2 Å². The lowest BCUT2D eigenvalue weighted by Crippen LogP contribution is -2.52. The lowest BCUT2D eigenvalue weighted by atomic mass is 9.85. The number of carbonyl (C=O) groups is 1. The van der Waals surface area contributed by atoms with E-state index in [9.17, 15) is 27.5 Å². The lowest BCUT2D eigenvalue weighted by molar-refractivity contribution is -0.265. The Kier molecular flexibility index (Phi) is 5.98. The number of alkyl halides is 3. The number of aromatic nitrogens is 3. The summed E-state index contributed by atoms with van der Waals surface area (Å²) in [5.41, 5.74) is -2.14. The number of halogens is 4. The van der Waals surface area contributed by atoms with Crippen LogP contribution in [-0.4, -0.2) is 50.8 Å². The molecule has 2 N–H and O–H groups in total. The third-order valence-electron chi connectivity index (χ3n) is 5.53. The van der Waals surface area contributed by atoms with Crippen molar-refractivity contribution in [2.45, 2.75) is 18.2 Å². The normalized spacial score (nSPS) is 20.6. The number of hydrogen-bond donors (Lipinski definition) is 2. The smallest absolute Gasteiger partial charge is 0.379 e. The molecule has 0 saturated carbocycles. The first kappa shape index (κ1) is 22.6. The van der Waals surface area contributed by atoms with E-state index in [4.69, 9.17) is 0 Å². The summed E-state index contributed by atoms with van der Waals surface area (Å²) in [6.07, 6.45) is -0.795. The molecule has 0 spiro atoms. The largest absolute Gasteiger partial charge is 0.419 e. The molecule has 1 saturated heterocycles. The summed E-state index contributed by atoms with van der Waals surface area (Å²) < 4.78 is 54.7. The maximum Gasteiger partial charge on any atom is 0.419 e. The van der Waals surface area contributed by atoms with Crippen LogP contribution in [0, 0.1) is 11.7 Å². The van der Waals surface area contributed by atoms with E-state index in [1.54, 1.807) is 12.1 Å². The first-order valence-corrected chi connectivity index (χ1v) is 9.98. The maximum atomic E-state index is 13.9. The molecule has 1 aromatic carbocycles. The Morgan fingerprint density at radius 2 is 1.82 bits per heavy atom. The van der Waals surface area contributed by atoms with E-state index in [0.29, 0.717) is 11.3 Å². The Labute approximate surface area is 186 Å². The lowest BCUT2D eigenvalue weighted by Gasteiger charge is -2.31. The number of hydrogen-bond acceptors (Lipinski definition) is 6. The van der Waals surface area contributed by atoms with Gasteiger partial charge in [-0.2, -0.15) is 13.2 Å². The molecule has 7 nitrogen and oxygen atoms in total. The Morgan fingerprint density at radius 1 is 1.12 bits per heavy atom. The van der Waals surface area contributed by atoms with Crippen LogP contribution in [0.3, 0.4) is 0 Å². The van der Waals surface area contributed by atoms with E-state index < -0.39 is 36.0 Å². The highest BCUT2D eigenvalue weighted by molar-refractivity contribution is 6.02. The quantitative estimate of drug-likeness (QED) is 0.567. The number of anilines is 2. The SMILES string of the molecule is O=C(Nc1ccncc1)c1ccnc(N2C[C@H](Cc3ccc(F)cc3)[C@](O)(C(F)(F)F)C2)n1. The molecule has 3 heterocycles. The highest BCUT2D eigenvalue weighted by Gasteiger charge is 2.62. The molecular formula is C22H19F4N5O2. The number of aliphatic hydroxyl groups is 1. The highest BCUT2D eigenvalue weighted by atomic mass is 19.4. The van der Waals surface area contributed by atoms with Crippen molar-refractivity contribution < 1.29 is 27.5 Å². The number of rotatable bonds is 5. The second-order valence-electron chi connectivity index (χ2n) is 7.76. The molecule has 1 aliphatic rings. The Balaban J connectivity index is 1.57. The molecule has 11 heteroatoms.